The Labute approximate surface area is 136 Å². The van der Waals surface area contributed by atoms with Crippen LogP contribution in [0.4, 0.5) is 0 Å². The van der Waals surface area contributed by atoms with Crippen molar-refractivity contribution in [3.05, 3.63) is 60.2 Å². The lowest BCUT2D eigenvalue weighted by Gasteiger charge is -2.12. The molecule has 0 bridgehead atoms. The maximum absolute atomic E-state index is 11.8. The van der Waals surface area contributed by atoms with Crippen LogP contribution >= 0.6 is 11.8 Å². The largest absolute Gasteiger partial charge is 0.508 e. The summed E-state index contributed by atoms with van der Waals surface area (Å²) in [5.74, 6) is -0.322. The number of tetrazole rings is 1. The van der Waals surface area contributed by atoms with Crippen molar-refractivity contribution in [1.29, 1.82) is 0 Å². The summed E-state index contributed by atoms with van der Waals surface area (Å²) in [5.41, 5.74) is 6.98. The third-order valence-electron chi connectivity index (χ3n) is 3.12. The van der Waals surface area contributed by atoms with Crippen molar-refractivity contribution in [3.63, 3.8) is 0 Å². The van der Waals surface area contributed by atoms with Crippen molar-refractivity contribution in [2.45, 2.75) is 10.4 Å². The summed E-state index contributed by atoms with van der Waals surface area (Å²) in [4.78, 5) is 11.8. The minimum absolute atomic E-state index is 0.148. The third kappa shape index (κ3) is 3.32. The summed E-state index contributed by atoms with van der Waals surface area (Å²) in [6, 6.07) is 15.6. The van der Waals surface area contributed by atoms with Crippen molar-refractivity contribution in [3.8, 4) is 11.4 Å². The molecular weight excluding hydrogens is 314 g/mol. The van der Waals surface area contributed by atoms with Crippen LogP contribution in [-0.2, 0) is 4.79 Å². The summed E-state index contributed by atoms with van der Waals surface area (Å²) in [6.07, 6.45) is 0. The first-order chi connectivity index (χ1) is 11.1. The molecule has 23 heavy (non-hydrogen) atoms. The predicted molar refractivity (Wildman–Crippen MR) is 85.1 cm³/mol. The molecule has 0 unspecified atom stereocenters. The quantitative estimate of drug-likeness (QED) is 0.691. The van der Waals surface area contributed by atoms with Crippen LogP contribution in [0.3, 0.4) is 0 Å². The fourth-order valence-electron chi connectivity index (χ4n) is 2.03. The van der Waals surface area contributed by atoms with Gasteiger partial charge in [0, 0.05) is 0 Å². The van der Waals surface area contributed by atoms with E-state index in [1.165, 1.54) is 28.6 Å². The molecule has 0 spiro atoms. The topological polar surface area (TPSA) is 107 Å². The number of phenols is 1. The van der Waals surface area contributed by atoms with Gasteiger partial charge in [-0.3, -0.25) is 4.79 Å². The van der Waals surface area contributed by atoms with Gasteiger partial charge in [0.05, 0.1) is 5.69 Å². The zero-order valence-electron chi connectivity index (χ0n) is 11.9. The molecule has 0 saturated heterocycles. The van der Waals surface area contributed by atoms with E-state index < -0.39 is 11.2 Å². The van der Waals surface area contributed by atoms with Crippen molar-refractivity contribution in [1.82, 2.24) is 20.2 Å². The normalized spacial score (nSPS) is 12.0. The number of carbonyl (C=O) groups is 1. The fourth-order valence-corrected chi connectivity index (χ4v) is 2.98. The van der Waals surface area contributed by atoms with E-state index in [1.807, 2.05) is 30.3 Å². The summed E-state index contributed by atoms with van der Waals surface area (Å²) < 4.78 is 1.49. The SMILES string of the molecule is NC(=O)[C@H](Sc1nnnn1-c1ccc(O)cc1)c1ccccc1. The number of primary amides is 1. The number of benzene rings is 2. The Kier molecular flexibility index (Phi) is 4.24. The molecule has 3 rings (SSSR count). The molecule has 2 aromatic carbocycles. The Balaban J connectivity index is 1.92. The zero-order valence-corrected chi connectivity index (χ0v) is 12.7. The molecule has 116 valence electrons. The molecule has 0 aliphatic heterocycles. The van der Waals surface area contributed by atoms with Crippen LogP contribution in [0.15, 0.2) is 59.8 Å². The molecule has 3 N–H and O–H groups in total. The van der Waals surface area contributed by atoms with E-state index in [0.717, 1.165) is 5.56 Å². The second-order valence-electron chi connectivity index (χ2n) is 4.70. The van der Waals surface area contributed by atoms with Crippen LogP contribution in [0.5, 0.6) is 5.75 Å². The Morgan fingerprint density at radius 1 is 1.13 bits per heavy atom. The van der Waals surface area contributed by atoms with Gasteiger partial charge in [-0.05, 0) is 40.3 Å². The summed E-state index contributed by atoms with van der Waals surface area (Å²) >= 11 is 1.17. The molecule has 7 nitrogen and oxygen atoms in total. The van der Waals surface area contributed by atoms with Crippen LogP contribution in [0.1, 0.15) is 10.8 Å². The van der Waals surface area contributed by atoms with Crippen LogP contribution < -0.4 is 5.73 Å². The number of nitrogens with two attached hydrogens (primary N) is 1. The molecule has 0 aliphatic rings. The second kappa shape index (κ2) is 6.49. The fraction of sp³-hybridized carbons (Fsp3) is 0.0667. The van der Waals surface area contributed by atoms with Gasteiger partial charge in [-0.15, -0.1) is 5.10 Å². The number of nitrogens with zero attached hydrogens (tertiary/aromatic N) is 4. The zero-order chi connectivity index (χ0) is 16.2. The minimum Gasteiger partial charge on any atom is -0.508 e. The van der Waals surface area contributed by atoms with Gasteiger partial charge in [-0.2, -0.15) is 4.68 Å². The second-order valence-corrected chi connectivity index (χ2v) is 5.77. The highest BCUT2D eigenvalue weighted by molar-refractivity contribution is 8.00. The predicted octanol–water partition coefficient (Wildman–Crippen LogP) is 1.69. The number of thioether (sulfide) groups is 1. The van der Waals surface area contributed by atoms with Gasteiger partial charge in [0.15, 0.2) is 0 Å². The third-order valence-corrected chi connectivity index (χ3v) is 4.32. The number of hydrogen-bond donors (Lipinski definition) is 2. The Hall–Kier alpha value is -2.87. The smallest absolute Gasteiger partial charge is 0.235 e. The lowest BCUT2D eigenvalue weighted by molar-refractivity contribution is -0.117. The maximum atomic E-state index is 11.8. The van der Waals surface area contributed by atoms with Gasteiger partial charge >= 0.3 is 0 Å². The molecular formula is C15H13N5O2S. The van der Waals surface area contributed by atoms with E-state index >= 15 is 0 Å². The van der Waals surface area contributed by atoms with Crippen LogP contribution in [0.2, 0.25) is 0 Å². The highest BCUT2D eigenvalue weighted by Gasteiger charge is 2.23. The monoisotopic (exact) mass is 327 g/mol. The average Bonchev–Trinajstić information content (AvgIpc) is 3.02. The maximum Gasteiger partial charge on any atom is 0.235 e. The van der Waals surface area contributed by atoms with E-state index in [0.29, 0.717) is 10.8 Å². The molecule has 1 atom stereocenters. The van der Waals surface area contributed by atoms with Gasteiger partial charge in [0.2, 0.25) is 11.1 Å². The van der Waals surface area contributed by atoms with Gasteiger partial charge in [0.25, 0.3) is 0 Å². The van der Waals surface area contributed by atoms with Gasteiger partial charge in [-0.1, -0.05) is 42.1 Å². The van der Waals surface area contributed by atoms with E-state index in [4.69, 9.17) is 5.73 Å². The number of aromatic hydroxyl groups is 1. The highest BCUT2D eigenvalue weighted by atomic mass is 32.2. The summed E-state index contributed by atoms with van der Waals surface area (Å²) in [5, 5.41) is 20.7. The van der Waals surface area contributed by atoms with Gasteiger partial charge in [-0.25, -0.2) is 0 Å². The Morgan fingerprint density at radius 2 is 1.83 bits per heavy atom. The van der Waals surface area contributed by atoms with E-state index in [1.54, 1.807) is 12.1 Å². The standard InChI is InChI=1S/C15H13N5O2S/c16-14(22)13(10-4-2-1-3-5-10)23-15-17-18-19-20(15)11-6-8-12(21)9-7-11/h1-9,13,21H,(H2,16,22)/t13-/m1/s1. The minimum atomic E-state index is -0.599. The lowest BCUT2D eigenvalue weighted by Crippen LogP contribution is -2.19. The number of hydrogen-bond acceptors (Lipinski definition) is 6. The highest BCUT2D eigenvalue weighted by Crippen LogP contribution is 2.34. The van der Waals surface area contributed by atoms with Gasteiger partial charge < -0.3 is 10.8 Å². The van der Waals surface area contributed by atoms with Crippen LogP contribution in [0.25, 0.3) is 5.69 Å². The summed E-state index contributed by atoms with van der Waals surface area (Å²) in [7, 11) is 0. The Morgan fingerprint density at radius 3 is 2.48 bits per heavy atom. The first kappa shape index (κ1) is 15.0. The molecule has 1 aromatic heterocycles. The Bertz CT molecular complexity index is 804. The van der Waals surface area contributed by atoms with Crippen molar-refractivity contribution in [2.75, 3.05) is 0 Å². The molecule has 0 aliphatic carbocycles. The van der Waals surface area contributed by atoms with Crippen molar-refractivity contribution in [2.24, 2.45) is 5.73 Å². The van der Waals surface area contributed by atoms with E-state index in [9.17, 15) is 9.90 Å². The average molecular weight is 327 g/mol. The van der Waals surface area contributed by atoms with Crippen molar-refractivity contribution >= 4 is 17.7 Å². The number of aromatic nitrogens is 4. The number of carbonyl (C=O) groups excluding carboxylic acids is 1. The molecule has 8 heteroatoms. The first-order valence-electron chi connectivity index (χ1n) is 6.74. The van der Waals surface area contributed by atoms with E-state index in [-0.39, 0.29) is 5.75 Å². The molecule has 1 amide bonds. The number of phenolic OH excluding ortho intramolecular Hbond substituents is 1. The molecule has 1 heterocycles. The number of rotatable bonds is 5. The van der Waals surface area contributed by atoms with Gasteiger partial charge in [0.1, 0.15) is 11.0 Å². The molecule has 0 saturated carbocycles. The first-order valence-corrected chi connectivity index (χ1v) is 7.62. The molecule has 0 radical (unpaired) electrons. The van der Waals surface area contributed by atoms with E-state index in [2.05, 4.69) is 15.5 Å². The van der Waals surface area contributed by atoms with Crippen LogP contribution in [-0.4, -0.2) is 31.2 Å². The molecule has 0 fully saturated rings. The van der Waals surface area contributed by atoms with Crippen LogP contribution in [0, 0.1) is 0 Å². The lowest BCUT2D eigenvalue weighted by atomic mass is 10.1. The summed E-state index contributed by atoms with van der Waals surface area (Å²) in [6.45, 7) is 0. The van der Waals surface area contributed by atoms with Crippen molar-refractivity contribution < 1.29 is 9.90 Å². The number of amides is 1. The molecule has 3 aromatic rings.